The van der Waals surface area contributed by atoms with Crippen LogP contribution >= 0.6 is 15.9 Å². The molecule has 0 saturated heterocycles. The molecule has 20 heavy (non-hydrogen) atoms. The van der Waals surface area contributed by atoms with E-state index in [0.717, 1.165) is 52.8 Å². The zero-order valence-electron chi connectivity index (χ0n) is 11.4. The summed E-state index contributed by atoms with van der Waals surface area (Å²) in [6.07, 6.45) is 5.44. The van der Waals surface area contributed by atoms with Crippen LogP contribution in [0.15, 0.2) is 15.5 Å². The van der Waals surface area contributed by atoms with Crippen LogP contribution in [0.4, 0.5) is 0 Å². The minimum Gasteiger partial charge on any atom is -0.490 e. The second-order valence-electron chi connectivity index (χ2n) is 5.32. The van der Waals surface area contributed by atoms with Gasteiger partial charge in [-0.2, -0.15) is 4.99 Å². The van der Waals surface area contributed by atoms with Gasteiger partial charge in [-0.05, 0) is 32.3 Å². The van der Waals surface area contributed by atoms with Crippen LogP contribution in [0.25, 0.3) is 0 Å². The predicted molar refractivity (Wildman–Crippen MR) is 78.1 cm³/mol. The van der Waals surface area contributed by atoms with Crippen LogP contribution in [-0.4, -0.2) is 19.3 Å². The first kappa shape index (κ1) is 13.7. The molecule has 106 valence electrons. The van der Waals surface area contributed by atoms with Crippen molar-refractivity contribution in [3.8, 4) is 11.5 Å². The Balaban J connectivity index is 2.16. The van der Waals surface area contributed by atoms with E-state index in [-0.39, 0.29) is 0 Å². The van der Waals surface area contributed by atoms with Crippen LogP contribution in [0.2, 0.25) is 0 Å². The van der Waals surface area contributed by atoms with Crippen molar-refractivity contribution in [3.05, 3.63) is 21.7 Å². The summed E-state index contributed by atoms with van der Waals surface area (Å²) in [5.74, 6) is 1.55. The number of carbonyl (C=O) groups excluding carboxylic acids is 1. The van der Waals surface area contributed by atoms with Crippen LogP contribution in [0.1, 0.15) is 36.8 Å². The van der Waals surface area contributed by atoms with Gasteiger partial charge >= 0.3 is 0 Å². The van der Waals surface area contributed by atoms with Gasteiger partial charge in [0.1, 0.15) is 0 Å². The summed E-state index contributed by atoms with van der Waals surface area (Å²) < 4.78 is 12.5. The number of fused-ring (bicyclic) bond motifs is 1. The average Bonchev–Trinajstić information content (AvgIpc) is 2.61. The summed E-state index contributed by atoms with van der Waals surface area (Å²) in [5, 5.41) is 0. The Morgan fingerprint density at radius 2 is 2.05 bits per heavy atom. The monoisotopic (exact) mass is 337 g/mol. The fraction of sp³-hybridized carbons (Fsp3) is 0.533. The summed E-state index contributed by atoms with van der Waals surface area (Å²) in [7, 11) is 0. The van der Waals surface area contributed by atoms with E-state index in [1.54, 1.807) is 6.08 Å². The lowest BCUT2D eigenvalue weighted by atomic mass is 9.71. The average molecular weight is 338 g/mol. The number of isocyanates is 1. The fourth-order valence-electron chi connectivity index (χ4n) is 3.02. The Morgan fingerprint density at radius 1 is 1.30 bits per heavy atom. The summed E-state index contributed by atoms with van der Waals surface area (Å²) in [5.41, 5.74) is 1.61. The molecular weight excluding hydrogens is 322 g/mol. The molecule has 3 rings (SSSR count). The van der Waals surface area contributed by atoms with Gasteiger partial charge < -0.3 is 9.47 Å². The lowest BCUT2D eigenvalue weighted by molar-refractivity contribution is 0.251. The third-order valence-corrected chi connectivity index (χ3v) is 4.76. The second kappa shape index (κ2) is 5.23. The third kappa shape index (κ3) is 2.05. The van der Waals surface area contributed by atoms with Crippen molar-refractivity contribution in [2.75, 3.05) is 13.2 Å². The van der Waals surface area contributed by atoms with Gasteiger partial charge in [0.15, 0.2) is 11.5 Å². The van der Waals surface area contributed by atoms with Gasteiger partial charge in [-0.25, -0.2) is 4.79 Å². The predicted octanol–water partition coefficient (Wildman–Crippen LogP) is 3.63. The van der Waals surface area contributed by atoms with Gasteiger partial charge in [0.2, 0.25) is 6.08 Å². The molecule has 0 N–H and O–H groups in total. The summed E-state index contributed by atoms with van der Waals surface area (Å²) in [4.78, 5) is 14.9. The Hall–Kier alpha value is -1.32. The van der Waals surface area contributed by atoms with Crippen molar-refractivity contribution in [1.82, 2.24) is 0 Å². The summed E-state index contributed by atoms with van der Waals surface area (Å²) in [6.45, 7) is 3.32. The van der Waals surface area contributed by atoms with E-state index in [9.17, 15) is 4.79 Å². The fourth-order valence-corrected chi connectivity index (χ4v) is 3.89. The smallest absolute Gasteiger partial charge is 0.235 e. The molecule has 1 saturated carbocycles. The number of ether oxygens (including phenoxy) is 2. The molecule has 4 nitrogen and oxygen atoms in total. The molecule has 0 aromatic heterocycles. The Kier molecular flexibility index (Phi) is 3.57. The third-order valence-electron chi connectivity index (χ3n) is 4.13. The molecule has 1 aliphatic carbocycles. The summed E-state index contributed by atoms with van der Waals surface area (Å²) in [6, 6.07) is 1.93. The number of halogens is 1. The molecule has 2 aliphatic rings. The molecule has 0 unspecified atom stereocenters. The van der Waals surface area contributed by atoms with Gasteiger partial charge in [-0.3, -0.25) is 0 Å². The zero-order chi connectivity index (χ0) is 14.2. The molecule has 0 spiro atoms. The molecular formula is C15H16BrNO3. The molecule has 1 aliphatic heterocycles. The van der Waals surface area contributed by atoms with Crippen molar-refractivity contribution in [2.24, 2.45) is 4.99 Å². The molecule has 0 atom stereocenters. The van der Waals surface area contributed by atoms with E-state index in [2.05, 4.69) is 20.9 Å². The highest BCUT2D eigenvalue weighted by molar-refractivity contribution is 9.10. The number of hydrogen-bond acceptors (Lipinski definition) is 4. The standard InChI is InChI=1S/C15H16BrNO3/c1-10-13(15(17-9-18)4-2-5-15)11(16)8-12-14(10)20-7-3-6-19-12/h8H,2-7H2,1H3. The maximum atomic E-state index is 10.8. The lowest BCUT2D eigenvalue weighted by Crippen LogP contribution is -2.33. The van der Waals surface area contributed by atoms with E-state index in [1.165, 1.54) is 0 Å². The Morgan fingerprint density at radius 3 is 2.70 bits per heavy atom. The Labute approximate surface area is 126 Å². The van der Waals surface area contributed by atoms with Crippen LogP contribution in [0.3, 0.4) is 0 Å². The van der Waals surface area contributed by atoms with E-state index >= 15 is 0 Å². The SMILES string of the molecule is Cc1c2c(cc(Br)c1C1(N=C=O)CCC1)OCCCO2. The topological polar surface area (TPSA) is 47.9 Å². The largest absolute Gasteiger partial charge is 0.490 e. The molecule has 0 radical (unpaired) electrons. The Bertz CT molecular complexity index is 589. The van der Waals surface area contributed by atoms with Crippen LogP contribution in [-0.2, 0) is 10.3 Å². The molecule has 1 aromatic carbocycles. The molecule has 5 heteroatoms. The lowest BCUT2D eigenvalue weighted by Gasteiger charge is -2.39. The van der Waals surface area contributed by atoms with Gasteiger partial charge in [-0.1, -0.05) is 15.9 Å². The normalized spacial score (nSPS) is 19.5. The van der Waals surface area contributed by atoms with Crippen molar-refractivity contribution in [2.45, 2.75) is 38.1 Å². The van der Waals surface area contributed by atoms with Gasteiger partial charge in [0, 0.05) is 22.0 Å². The van der Waals surface area contributed by atoms with E-state index in [4.69, 9.17) is 9.47 Å². The number of aliphatic imine (C=N–C) groups is 1. The van der Waals surface area contributed by atoms with E-state index in [0.29, 0.717) is 13.2 Å². The first-order valence-electron chi connectivity index (χ1n) is 6.86. The van der Waals surface area contributed by atoms with E-state index < -0.39 is 5.54 Å². The van der Waals surface area contributed by atoms with Gasteiger partial charge in [0.05, 0.1) is 18.8 Å². The van der Waals surface area contributed by atoms with Crippen molar-refractivity contribution < 1.29 is 14.3 Å². The first-order chi connectivity index (χ1) is 9.68. The minimum absolute atomic E-state index is 0.435. The maximum Gasteiger partial charge on any atom is 0.235 e. The van der Waals surface area contributed by atoms with Gasteiger partial charge in [0.25, 0.3) is 0 Å². The van der Waals surface area contributed by atoms with Gasteiger partial charge in [-0.15, -0.1) is 0 Å². The number of rotatable bonds is 2. The number of benzene rings is 1. The highest BCUT2D eigenvalue weighted by atomic mass is 79.9. The first-order valence-corrected chi connectivity index (χ1v) is 7.65. The zero-order valence-corrected chi connectivity index (χ0v) is 13.0. The molecule has 1 heterocycles. The van der Waals surface area contributed by atoms with Crippen LogP contribution in [0.5, 0.6) is 11.5 Å². The van der Waals surface area contributed by atoms with Crippen LogP contribution < -0.4 is 9.47 Å². The highest BCUT2D eigenvalue weighted by Gasteiger charge is 2.42. The maximum absolute atomic E-state index is 10.8. The second-order valence-corrected chi connectivity index (χ2v) is 6.18. The van der Waals surface area contributed by atoms with E-state index in [1.807, 2.05) is 13.0 Å². The van der Waals surface area contributed by atoms with Crippen molar-refractivity contribution >= 4 is 22.0 Å². The highest BCUT2D eigenvalue weighted by Crippen LogP contribution is 2.52. The quantitative estimate of drug-likeness (QED) is 0.611. The van der Waals surface area contributed by atoms with Crippen molar-refractivity contribution in [1.29, 1.82) is 0 Å². The van der Waals surface area contributed by atoms with Crippen LogP contribution in [0, 0.1) is 6.92 Å². The number of hydrogen-bond donors (Lipinski definition) is 0. The minimum atomic E-state index is -0.435. The molecule has 1 aromatic rings. The molecule has 0 amide bonds. The number of nitrogens with zero attached hydrogens (tertiary/aromatic N) is 1. The molecule has 1 fully saturated rings. The van der Waals surface area contributed by atoms with Crippen molar-refractivity contribution in [3.63, 3.8) is 0 Å². The summed E-state index contributed by atoms with van der Waals surface area (Å²) >= 11 is 3.61. The molecule has 0 bridgehead atoms.